The van der Waals surface area contributed by atoms with E-state index < -0.39 is 5.97 Å². The molecule has 0 saturated carbocycles. The predicted molar refractivity (Wildman–Crippen MR) is 72.7 cm³/mol. The summed E-state index contributed by atoms with van der Waals surface area (Å²) in [7, 11) is 0. The van der Waals surface area contributed by atoms with E-state index in [1.54, 1.807) is 12.1 Å². The van der Waals surface area contributed by atoms with Crippen LogP contribution in [0.3, 0.4) is 0 Å². The van der Waals surface area contributed by atoms with Gasteiger partial charge in [0, 0.05) is 3.57 Å². The second-order valence-electron chi connectivity index (χ2n) is 3.71. The summed E-state index contributed by atoms with van der Waals surface area (Å²) in [5.74, 6) is -0.603. The lowest BCUT2D eigenvalue weighted by atomic mass is 10.2. The number of carboxylic acids is 1. The summed E-state index contributed by atoms with van der Waals surface area (Å²) in [6, 6.07) is 5.06. The first-order valence-corrected chi connectivity index (χ1v) is 6.36. The fourth-order valence-electron chi connectivity index (χ4n) is 1.23. The average molecular weight is 350 g/mol. The largest absolute Gasteiger partial charge is 0.490 e. The molecule has 0 atom stereocenters. The Balaban J connectivity index is 2.61. The molecule has 0 unspecified atom stereocenters. The van der Waals surface area contributed by atoms with Crippen molar-refractivity contribution in [2.45, 2.75) is 20.0 Å². The van der Waals surface area contributed by atoms with E-state index in [2.05, 4.69) is 22.6 Å². The zero-order valence-electron chi connectivity index (χ0n) is 9.77. The summed E-state index contributed by atoms with van der Waals surface area (Å²) in [5.41, 5.74) is 0.182. The van der Waals surface area contributed by atoms with E-state index in [1.165, 1.54) is 0 Å². The van der Waals surface area contributed by atoms with E-state index in [0.717, 1.165) is 3.57 Å². The van der Waals surface area contributed by atoms with Crippen molar-refractivity contribution >= 4 is 28.6 Å². The highest BCUT2D eigenvalue weighted by molar-refractivity contribution is 14.1. The third-order valence-corrected chi connectivity index (χ3v) is 2.64. The van der Waals surface area contributed by atoms with Crippen LogP contribution < -0.4 is 4.74 Å². The summed E-state index contributed by atoms with van der Waals surface area (Å²) in [5, 5.41) is 9.02. The zero-order valence-corrected chi connectivity index (χ0v) is 11.9. The molecule has 0 amide bonds. The van der Waals surface area contributed by atoms with Crippen LogP contribution >= 0.6 is 22.6 Å². The molecule has 1 rings (SSSR count). The van der Waals surface area contributed by atoms with Gasteiger partial charge in [-0.3, -0.25) is 0 Å². The standard InChI is InChI=1S/C12H15IO4/c1-8(2)16-5-6-17-11-4-3-9(13)7-10(11)12(14)15/h3-4,7-8H,5-6H2,1-2H3,(H,14,15). The Labute approximate surface area is 114 Å². The van der Waals surface area contributed by atoms with Gasteiger partial charge in [-0.25, -0.2) is 4.79 Å². The minimum absolute atomic E-state index is 0.147. The van der Waals surface area contributed by atoms with Gasteiger partial charge in [-0.2, -0.15) is 0 Å². The number of aromatic carboxylic acids is 1. The van der Waals surface area contributed by atoms with Crippen molar-refractivity contribution in [2.24, 2.45) is 0 Å². The van der Waals surface area contributed by atoms with E-state index in [0.29, 0.717) is 19.0 Å². The number of hydrogen-bond donors (Lipinski definition) is 1. The molecule has 0 aliphatic carbocycles. The van der Waals surface area contributed by atoms with Crippen LogP contribution in [0.4, 0.5) is 0 Å². The van der Waals surface area contributed by atoms with Crippen LogP contribution in [-0.2, 0) is 4.74 Å². The molecule has 0 heterocycles. The van der Waals surface area contributed by atoms with Gasteiger partial charge in [0.2, 0.25) is 0 Å². The van der Waals surface area contributed by atoms with Crippen LogP contribution in [0.25, 0.3) is 0 Å². The van der Waals surface area contributed by atoms with Crippen LogP contribution in [-0.4, -0.2) is 30.4 Å². The monoisotopic (exact) mass is 350 g/mol. The number of benzene rings is 1. The van der Waals surface area contributed by atoms with E-state index >= 15 is 0 Å². The summed E-state index contributed by atoms with van der Waals surface area (Å²) < 4.78 is 11.6. The minimum Gasteiger partial charge on any atom is -0.490 e. The normalized spacial score (nSPS) is 10.6. The molecule has 0 aromatic heterocycles. The fourth-order valence-corrected chi connectivity index (χ4v) is 1.72. The molecule has 17 heavy (non-hydrogen) atoms. The first-order valence-electron chi connectivity index (χ1n) is 5.28. The van der Waals surface area contributed by atoms with Crippen molar-refractivity contribution in [1.82, 2.24) is 0 Å². The SMILES string of the molecule is CC(C)OCCOc1ccc(I)cc1C(=O)O. The number of carboxylic acid groups (broad SMARTS) is 1. The second kappa shape index (κ2) is 6.80. The van der Waals surface area contributed by atoms with Crippen molar-refractivity contribution in [3.63, 3.8) is 0 Å². The highest BCUT2D eigenvalue weighted by atomic mass is 127. The summed E-state index contributed by atoms with van der Waals surface area (Å²) in [4.78, 5) is 11.0. The Bertz CT molecular complexity index is 390. The summed E-state index contributed by atoms with van der Waals surface area (Å²) in [6.45, 7) is 4.67. The topological polar surface area (TPSA) is 55.8 Å². The molecule has 0 aliphatic heterocycles. The van der Waals surface area contributed by atoms with E-state index in [-0.39, 0.29) is 11.7 Å². The van der Waals surface area contributed by atoms with Gasteiger partial charge in [-0.15, -0.1) is 0 Å². The van der Waals surface area contributed by atoms with Gasteiger partial charge in [0.25, 0.3) is 0 Å². The average Bonchev–Trinajstić information content (AvgIpc) is 2.25. The van der Waals surface area contributed by atoms with Crippen LogP contribution in [0, 0.1) is 3.57 Å². The van der Waals surface area contributed by atoms with Gasteiger partial charge < -0.3 is 14.6 Å². The molecular formula is C12H15IO4. The van der Waals surface area contributed by atoms with Crippen molar-refractivity contribution in [3.05, 3.63) is 27.3 Å². The summed E-state index contributed by atoms with van der Waals surface area (Å²) >= 11 is 2.07. The molecule has 1 N–H and O–H groups in total. The molecule has 0 aliphatic rings. The van der Waals surface area contributed by atoms with E-state index in [1.807, 2.05) is 19.9 Å². The first-order chi connectivity index (χ1) is 8.00. The molecule has 4 nitrogen and oxygen atoms in total. The number of carbonyl (C=O) groups is 1. The lowest BCUT2D eigenvalue weighted by Crippen LogP contribution is -2.12. The number of rotatable bonds is 6. The maximum Gasteiger partial charge on any atom is 0.339 e. The molecule has 0 saturated heterocycles. The predicted octanol–water partition coefficient (Wildman–Crippen LogP) is 2.79. The summed E-state index contributed by atoms with van der Waals surface area (Å²) in [6.07, 6.45) is 0.147. The third-order valence-electron chi connectivity index (χ3n) is 1.96. The van der Waals surface area contributed by atoms with E-state index in [9.17, 15) is 4.79 Å². The molecule has 5 heteroatoms. The molecule has 0 bridgehead atoms. The van der Waals surface area contributed by atoms with Crippen molar-refractivity contribution in [3.8, 4) is 5.75 Å². The maximum absolute atomic E-state index is 11.0. The van der Waals surface area contributed by atoms with Crippen molar-refractivity contribution in [1.29, 1.82) is 0 Å². The molecule has 94 valence electrons. The van der Waals surface area contributed by atoms with Gasteiger partial charge >= 0.3 is 5.97 Å². The number of halogens is 1. The van der Waals surface area contributed by atoms with E-state index in [4.69, 9.17) is 14.6 Å². The van der Waals surface area contributed by atoms with Crippen LogP contribution in [0.1, 0.15) is 24.2 Å². The number of ether oxygens (including phenoxy) is 2. The Kier molecular flexibility index (Phi) is 5.70. The molecule has 0 spiro atoms. The quantitative estimate of drug-likeness (QED) is 0.633. The Morgan fingerprint density at radius 3 is 2.71 bits per heavy atom. The van der Waals surface area contributed by atoms with Crippen LogP contribution in [0.5, 0.6) is 5.75 Å². The van der Waals surface area contributed by atoms with Crippen molar-refractivity contribution in [2.75, 3.05) is 13.2 Å². The smallest absolute Gasteiger partial charge is 0.339 e. The second-order valence-corrected chi connectivity index (χ2v) is 4.96. The van der Waals surface area contributed by atoms with Gasteiger partial charge in [0.05, 0.1) is 12.7 Å². The van der Waals surface area contributed by atoms with Crippen LogP contribution in [0.15, 0.2) is 18.2 Å². The lowest BCUT2D eigenvalue weighted by molar-refractivity contribution is 0.0538. The fraction of sp³-hybridized carbons (Fsp3) is 0.417. The molecule has 1 aromatic rings. The van der Waals surface area contributed by atoms with Gasteiger partial charge in [0.15, 0.2) is 0 Å². The van der Waals surface area contributed by atoms with Gasteiger partial charge in [-0.1, -0.05) is 0 Å². The Hall–Kier alpha value is -0.820. The highest BCUT2D eigenvalue weighted by Gasteiger charge is 2.11. The minimum atomic E-state index is -0.983. The highest BCUT2D eigenvalue weighted by Crippen LogP contribution is 2.21. The molecule has 0 radical (unpaired) electrons. The lowest BCUT2D eigenvalue weighted by Gasteiger charge is -2.11. The zero-order chi connectivity index (χ0) is 12.8. The van der Waals surface area contributed by atoms with Gasteiger partial charge in [0.1, 0.15) is 17.9 Å². The molecular weight excluding hydrogens is 335 g/mol. The van der Waals surface area contributed by atoms with Gasteiger partial charge in [-0.05, 0) is 54.6 Å². The third kappa shape index (κ3) is 4.91. The number of hydrogen-bond acceptors (Lipinski definition) is 3. The Morgan fingerprint density at radius 2 is 2.12 bits per heavy atom. The maximum atomic E-state index is 11.0. The molecule has 0 fully saturated rings. The Morgan fingerprint density at radius 1 is 1.41 bits per heavy atom. The van der Waals surface area contributed by atoms with Crippen molar-refractivity contribution < 1.29 is 19.4 Å². The molecule has 1 aromatic carbocycles. The first kappa shape index (κ1) is 14.2. The van der Waals surface area contributed by atoms with Crippen LogP contribution in [0.2, 0.25) is 0 Å².